The first-order valence-electron chi connectivity index (χ1n) is 13.5. The normalized spacial score (nSPS) is 12.3. The molecule has 42 heavy (non-hydrogen) atoms. The minimum atomic E-state index is -0.723. The second kappa shape index (κ2) is 12.8. The molecule has 1 heterocycles. The molecule has 216 valence electrons. The van der Waals surface area contributed by atoms with Gasteiger partial charge in [0, 0.05) is 35.5 Å². The van der Waals surface area contributed by atoms with Crippen LogP contribution in [0.1, 0.15) is 43.0 Å². The zero-order valence-corrected chi connectivity index (χ0v) is 23.4. The van der Waals surface area contributed by atoms with Crippen LogP contribution in [-0.4, -0.2) is 32.6 Å². The summed E-state index contributed by atoms with van der Waals surface area (Å²) in [7, 11) is 3.01. The van der Waals surface area contributed by atoms with E-state index in [9.17, 15) is 18.4 Å². The molecule has 1 aliphatic rings. The number of nitrogens with zero attached hydrogens (tertiary/aromatic N) is 1. The van der Waals surface area contributed by atoms with Crippen molar-refractivity contribution >= 4 is 17.5 Å². The van der Waals surface area contributed by atoms with Crippen molar-refractivity contribution in [2.24, 2.45) is 0 Å². The van der Waals surface area contributed by atoms with E-state index >= 15 is 0 Å². The number of carbonyl (C=O) groups is 2. The summed E-state index contributed by atoms with van der Waals surface area (Å²) in [5, 5.41) is 6.17. The summed E-state index contributed by atoms with van der Waals surface area (Å²) in [6.07, 6.45) is 0.864. The molecule has 2 N–H and O–H groups in total. The molecule has 0 saturated carbocycles. The van der Waals surface area contributed by atoms with Gasteiger partial charge in [0.05, 0.1) is 20.8 Å². The van der Waals surface area contributed by atoms with Gasteiger partial charge >= 0.3 is 0 Å². The van der Waals surface area contributed by atoms with Gasteiger partial charge in [0.2, 0.25) is 0 Å². The molecule has 1 aliphatic heterocycles. The number of carbonyl (C=O) groups excluding carboxylic acids is 2. The quantitative estimate of drug-likeness (QED) is 0.281. The van der Waals surface area contributed by atoms with E-state index in [0.29, 0.717) is 40.4 Å². The van der Waals surface area contributed by atoms with Gasteiger partial charge in [0.1, 0.15) is 11.6 Å². The Kier molecular flexibility index (Phi) is 8.78. The summed E-state index contributed by atoms with van der Waals surface area (Å²) in [4.78, 5) is 28.1. The fraction of sp³-hybridized carbons (Fsp3) is 0.212. The Labute approximate surface area is 243 Å². The van der Waals surface area contributed by atoms with Crippen molar-refractivity contribution in [1.29, 1.82) is 0 Å². The molecule has 0 radical (unpaired) electrons. The van der Waals surface area contributed by atoms with E-state index in [1.165, 1.54) is 42.9 Å². The molecule has 0 aliphatic carbocycles. The van der Waals surface area contributed by atoms with Crippen molar-refractivity contribution in [1.82, 2.24) is 10.6 Å². The van der Waals surface area contributed by atoms with Gasteiger partial charge in [-0.05, 0) is 84.3 Å². The zero-order valence-electron chi connectivity index (χ0n) is 23.4. The van der Waals surface area contributed by atoms with Gasteiger partial charge in [0.15, 0.2) is 11.5 Å². The first kappa shape index (κ1) is 28.8. The summed E-state index contributed by atoms with van der Waals surface area (Å²) in [6.45, 7) is 1.38. The lowest BCUT2D eigenvalue weighted by atomic mass is 9.99. The molecule has 0 saturated heterocycles. The van der Waals surface area contributed by atoms with Gasteiger partial charge in [-0.2, -0.15) is 0 Å². The topological polar surface area (TPSA) is 79.9 Å². The smallest absolute Gasteiger partial charge is 0.258 e. The molecular formula is C33H31F2N3O4. The minimum absolute atomic E-state index is 0.154. The van der Waals surface area contributed by atoms with Crippen LogP contribution in [0.15, 0.2) is 78.9 Å². The third-order valence-corrected chi connectivity index (χ3v) is 7.28. The van der Waals surface area contributed by atoms with E-state index in [1.807, 2.05) is 18.2 Å². The van der Waals surface area contributed by atoms with Crippen molar-refractivity contribution in [3.63, 3.8) is 0 Å². The molecule has 0 atom stereocenters. The number of benzene rings is 4. The molecule has 0 unspecified atom stereocenters. The lowest BCUT2D eigenvalue weighted by Gasteiger charge is -2.26. The van der Waals surface area contributed by atoms with Crippen LogP contribution in [0, 0.1) is 11.6 Å². The fourth-order valence-electron chi connectivity index (χ4n) is 4.99. The zero-order chi connectivity index (χ0) is 29.6. The number of hydrogen-bond acceptors (Lipinski definition) is 5. The molecule has 0 bridgehead atoms. The largest absolute Gasteiger partial charge is 0.493 e. The monoisotopic (exact) mass is 571 g/mol. The van der Waals surface area contributed by atoms with Gasteiger partial charge in [-0.3, -0.25) is 9.59 Å². The van der Waals surface area contributed by atoms with Crippen LogP contribution in [-0.2, 0) is 26.1 Å². The predicted octanol–water partition coefficient (Wildman–Crippen LogP) is 5.40. The number of anilines is 1. The number of rotatable bonds is 9. The van der Waals surface area contributed by atoms with Gasteiger partial charge in [-0.25, -0.2) is 8.78 Å². The Morgan fingerprint density at radius 2 is 1.62 bits per heavy atom. The van der Waals surface area contributed by atoms with Crippen LogP contribution in [0.5, 0.6) is 11.5 Å². The lowest BCUT2D eigenvalue weighted by molar-refractivity contribution is 0.0949. The molecule has 2 amide bonds. The molecular weight excluding hydrogens is 540 g/mol. The van der Waals surface area contributed by atoms with Crippen LogP contribution >= 0.6 is 0 Å². The molecule has 0 spiro atoms. The van der Waals surface area contributed by atoms with E-state index < -0.39 is 17.5 Å². The van der Waals surface area contributed by atoms with Gasteiger partial charge in [0.25, 0.3) is 11.8 Å². The van der Waals surface area contributed by atoms with Crippen molar-refractivity contribution in [3.8, 4) is 11.5 Å². The first-order valence-corrected chi connectivity index (χ1v) is 13.5. The highest BCUT2D eigenvalue weighted by Gasteiger charge is 2.23. The van der Waals surface area contributed by atoms with Gasteiger partial charge in [-0.1, -0.05) is 24.3 Å². The van der Waals surface area contributed by atoms with Crippen LogP contribution < -0.4 is 25.0 Å². The van der Waals surface area contributed by atoms with Crippen LogP contribution in [0.2, 0.25) is 0 Å². The maximum absolute atomic E-state index is 14.7. The Morgan fingerprint density at radius 1 is 0.857 bits per heavy atom. The first-order chi connectivity index (χ1) is 20.4. The number of hydrogen-bond donors (Lipinski definition) is 2. The van der Waals surface area contributed by atoms with Crippen molar-refractivity contribution < 1.29 is 27.8 Å². The lowest BCUT2D eigenvalue weighted by Crippen LogP contribution is -2.32. The second-order valence-electron chi connectivity index (χ2n) is 9.92. The van der Waals surface area contributed by atoms with E-state index in [0.717, 1.165) is 18.5 Å². The van der Waals surface area contributed by atoms with Crippen LogP contribution in [0.4, 0.5) is 14.5 Å². The van der Waals surface area contributed by atoms with Crippen LogP contribution in [0.3, 0.4) is 0 Å². The number of nitrogens with one attached hydrogen (secondary N) is 2. The maximum atomic E-state index is 14.7. The Balaban J connectivity index is 1.40. The summed E-state index contributed by atoms with van der Waals surface area (Å²) in [6, 6.07) is 21.0. The van der Waals surface area contributed by atoms with E-state index in [-0.39, 0.29) is 24.6 Å². The van der Waals surface area contributed by atoms with Crippen molar-refractivity contribution in [2.75, 3.05) is 25.7 Å². The number of ether oxygens (including phenoxy) is 2. The SMILES string of the molecule is COc1ccc(C(=O)NCc2cccc(C(=O)N(Cc3c(F)cccc3F)c3ccc4c(c3)CNCC4)c2)cc1OC. The number of fused-ring (bicyclic) bond motifs is 1. The molecule has 0 aromatic heterocycles. The van der Waals surface area contributed by atoms with E-state index in [2.05, 4.69) is 10.6 Å². The summed E-state index contributed by atoms with van der Waals surface area (Å²) >= 11 is 0. The molecule has 4 aromatic carbocycles. The highest BCUT2D eigenvalue weighted by molar-refractivity contribution is 6.06. The third kappa shape index (κ3) is 6.26. The average molecular weight is 572 g/mol. The molecule has 9 heteroatoms. The number of methoxy groups -OCH3 is 2. The summed E-state index contributed by atoms with van der Waals surface area (Å²) < 4.78 is 39.9. The number of halogens is 2. The fourth-order valence-corrected chi connectivity index (χ4v) is 4.99. The van der Waals surface area contributed by atoms with Gasteiger partial charge in [-0.15, -0.1) is 0 Å². The molecule has 0 fully saturated rings. The third-order valence-electron chi connectivity index (χ3n) is 7.28. The standard InChI is InChI=1S/C33H31F2N3O4/c1-41-30-12-10-23(17-31(30)42-2)32(39)37-18-21-5-3-6-24(15-21)33(40)38(20-27-28(34)7-4-8-29(27)35)26-11-9-22-13-14-36-19-25(22)16-26/h3-12,15-17,36H,13-14,18-20H2,1-2H3,(H,37,39). The van der Waals surface area contributed by atoms with E-state index in [1.54, 1.807) is 42.5 Å². The predicted molar refractivity (Wildman–Crippen MR) is 156 cm³/mol. The number of amides is 2. The molecule has 7 nitrogen and oxygen atoms in total. The molecule has 5 rings (SSSR count). The van der Waals surface area contributed by atoms with E-state index in [4.69, 9.17) is 9.47 Å². The minimum Gasteiger partial charge on any atom is -0.493 e. The Hall–Kier alpha value is -4.76. The average Bonchev–Trinajstić information content (AvgIpc) is 3.02. The Bertz CT molecular complexity index is 1600. The molecule has 4 aromatic rings. The van der Waals surface area contributed by atoms with Crippen molar-refractivity contribution in [2.45, 2.75) is 26.1 Å². The highest BCUT2D eigenvalue weighted by Crippen LogP contribution is 2.28. The van der Waals surface area contributed by atoms with Gasteiger partial charge < -0.3 is 25.0 Å². The second-order valence-corrected chi connectivity index (χ2v) is 9.92. The van der Waals surface area contributed by atoms with Crippen molar-refractivity contribution in [3.05, 3.63) is 124 Å². The van der Waals surface area contributed by atoms with Crippen LogP contribution in [0.25, 0.3) is 0 Å². The summed E-state index contributed by atoms with van der Waals surface area (Å²) in [5.74, 6) is -1.25. The maximum Gasteiger partial charge on any atom is 0.258 e. The Morgan fingerprint density at radius 3 is 2.38 bits per heavy atom. The summed E-state index contributed by atoms with van der Waals surface area (Å²) in [5.41, 5.74) is 3.95. The highest BCUT2D eigenvalue weighted by atomic mass is 19.1.